The van der Waals surface area contributed by atoms with Crippen molar-refractivity contribution in [3.8, 4) is 0 Å². The molecule has 152 valence electrons. The summed E-state index contributed by atoms with van der Waals surface area (Å²) in [6.45, 7) is 2.32. The number of rotatable bonds is 7. The maximum absolute atomic E-state index is 12.6. The molecule has 1 aromatic heterocycles. The largest absolute Gasteiger partial charge is 1.00 e. The summed E-state index contributed by atoms with van der Waals surface area (Å²) in [5.41, 5.74) is 2.81. The molecule has 5 nitrogen and oxygen atoms in total. The Bertz CT molecular complexity index is 979. The third-order valence-corrected chi connectivity index (χ3v) is 4.77. The molecule has 0 radical (unpaired) electrons. The van der Waals surface area contributed by atoms with E-state index in [-0.39, 0.29) is 29.3 Å². The molecule has 3 aromatic rings. The number of hydrogen-bond donors (Lipinski definition) is 0. The van der Waals surface area contributed by atoms with Crippen molar-refractivity contribution in [1.82, 2.24) is 4.68 Å². The van der Waals surface area contributed by atoms with E-state index in [1.807, 2.05) is 54.1 Å². The lowest BCUT2D eigenvalue weighted by molar-refractivity contribution is -0.690. The van der Waals surface area contributed by atoms with E-state index in [0.29, 0.717) is 10.6 Å². The third kappa shape index (κ3) is 5.78. The highest BCUT2D eigenvalue weighted by molar-refractivity contribution is 6.30. The van der Waals surface area contributed by atoms with Crippen molar-refractivity contribution in [2.24, 2.45) is 5.10 Å². The first-order chi connectivity index (χ1) is 13.5. The van der Waals surface area contributed by atoms with Crippen molar-refractivity contribution >= 4 is 29.3 Å². The van der Waals surface area contributed by atoms with Crippen LogP contribution in [0.4, 0.5) is 5.69 Å². The second kappa shape index (κ2) is 10.4. The van der Waals surface area contributed by atoms with Crippen molar-refractivity contribution in [2.45, 2.75) is 19.9 Å². The van der Waals surface area contributed by atoms with Gasteiger partial charge in [-0.2, -0.15) is 0 Å². The third-order valence-electron chi connectivity index (χ3n) is 4.52. The smallest absolute Gasteiger partial charge is 0.282 e. The summed E-state index contributed by atoms with van der Waals surface area (Å²) in [6.07, 6.45) is 6.35. The summed E-state index contributed by atoms with van der Waals surface area (Å²) in [5.74, 6) is 1.00. The number of carbonyl (C=O) groups excluding carboxylic acids is 1. The van der Waals surface area contributed by atoms with Crippen LogP contribution in [0.15, 0.2) is 66.0 Å². The molecule has 3 rings (SSSR count). The molecule has 0 aliphatic rings. The van der Waals surface area contributed by atoms with Crippen LogP contribution in [0, 0.1) is 0 Å². The summed E-state index contributed by atoms with van der Waals surface area (Å²) in [6, 6.07) is 15.2. The molecule has 0 N–H and O–H groups in total. The Morgan fingerprint density at radius 1 is 1.14 bits per heavy atom. The van der Waals surface area contributed by atoms with Crippen molar-refractivity contribution in [3.05, 3.63) is 82.9 Å². The van der Waals surface area contributed by atoms with Crippen molar-refractivity contribution in [3.63, 3.8) is 0 Å². The molecule has 0 bridgehead atoms. The summed E-state index contributed by atoms with van der Waals surface area (Å²) in [4.78, 5) is 14.6. The Labute approximate surface area is 187 Å². The first-order valence-corrected chi connectivity index (χ1v) is 9.56. The van der Waals surface area contributed by atoms with Gasteiger partial charge in [-0.3, -0.25) is 4.79 Å². The monoisotopic (exact) mass is 474 g/mol. The highest BCUT2D eigenvalue weighted by Crippen LogP contribution is 2.12. The van der Waals surface area contributed by atoms with Crippen molar-refractivity contribution < 1.29 is 26.3 Å². The summed E-state index contributed by atoms with van der Waals surface area (Å²) >= 11 is 5.90. The minimum Gasteiger partial charge on any atom is -1.00 e. The van der Waals surface area contributed by atoms with E-state index in [9.17, 15) is 4.79 Å². The van der Waals surface area contributed by atoms with Gasteiger partial charge in [0, 0.05) is 36.8 Å². The molecule has 0 spiro atoms. The fraction of sp³-hybridized carbons (Fsp3) is 0.227. The predicted octanol–water partition coefficient (Wildman–Crippen LogP) is 0.827. The minimum atomic E-state index is 0. The zero-order valence-corrected chi connectivity index (χ0v) is 19.1. The number of Topliss-reactive ketones (excluding diaryl/α,β-unsaturated/α-hetero) is 1. The van der Waals surface area contributed by atoms with Gasteiger partial charge in [0.15, 0.2) is 12.7 Å². The molecule has 0 aliphatic carbocycles. The van der Waals surface area contributed by atoms with Crippen molar-refractivity contribution in [1.29, 1.82) is 0 Å². The Morgan fingerprint density at radius 3 is 2.38 bits per heavy atom. The number of nitrogens with zero attached hydrogens (tertiary/aromatic N) is 4. The molecule has 29 heavy (non-hydrogen) atoms. The van der Waals surface area contributed by atoms with Gasteiger partial charge in [0.05, 0.1) is 6.21 Å². The van der Waals surface area contributed by atoms with Crippen LogP contribution in [-0.2, 0) is 13.0 Å². The standard InChI is InChI=1S/C22H24ClN4O.BrH/c1-4-22-26(16-21(28)18-7-9-19(23)10-8-18)13-14-27(22)24-15-17-5-11-20(12-6-17)25(2)3;/h5-15H,4,16H2,1-3H3;1H/q+1;/p-1. The Kier molecular flexibility index (Phi) is 8.17. The van der Waals surface area contributed by atoms with E-state index in [1.165, 1.54) is 0 Å². The Balaban J connectivity index is 0.00000300. The van der Waals surface area contributed by atoms with E-state index >= 15 is 0 Å². The number of ketones is 1. The molecule has 0 fully saturated rings. The average molecular weight is 476 g/mol. The second-order valence-electron chi connectivity index (χ2n) is 6.70. The molecule has 0 saturated carbocycles. The van der Waals surface area contributed by atoms with E-state index < -0.39 is 0 Å². The van der Waals surface area contributed by atoms with E-state index in [0.717, 1.165) is 23.5 Å². The van der Waals surface area contributed by atoms with E-state index in [2.05, 4.69) is 29.1 Å². The molecule has 1 heterocycles. The Morgan fingerprint density at radius 2 is 1.79 bits per heavy atom. The van der Waals surface area contributed by atoms with E-state index in [4.69, 9.17) is 11.6 Å². The summed E-state index contributed by atoms with van der Waals surface area (Å²) in [5, 5.41) is 5.19. The van der Waals surface area contributed by atoms with Gasteiger partial charge in [0.2, 0.25) is 5.78 Å². The normalized spacial score (nSPS) is 10.8. The van der Waals surface area contributed by atoms with Crippen LogP contribution in [0.25, 0.3) is 0 Å². The molecule has 0 aliphatic heterocycles. The van der Waals surface area contributed by atoms with Crippen LogP contribution in [0.2, 0.25) is 5.02 Å². The lowest BCUT2D eigenvalue weighted by Gasteiger charge is -2.11. The van der Waals surface area contributed by atoms with Gasteiger partial charge in [-0.15, -0.1) is 4.68 Å². The number of carbonyl (C=O) groups is 1. The van der Waals surface area contributed by atoms with Crippen molar-refractivity contribution in [2.75, 3.05) is 19.0 Å². The summed E-state index contributed by atoms with van der Waals surface area (Å²) < 4.78 is 3.75. The molecular formula is C22H24BrClN4O. The number of benzene rings is 2. The second-order valence-corrected chi connectivity index (χ2v) is 7.14. The fourth-order valence-electron chi connectivity index (χ4n) is 2.93. The van der Waals surface area contributed by atoms with Crippen LogP contribution in [0.5, 0.6) is 0 Å². The van der Waals surface area contributed by atoms with Crippen LogP contribution in [0.1, 0.15) is 28.7 Å². The van der Waals surface area contributed by atoms with Crippen LogP contribution in [-0.4, -0.2) is 30.8 Å². The molecule has 0 saturated heterocycles. The molecular weight excluding hydrogens is 452 g/mol. The lowest BCUT2D eigenvalue weighted by atomic mass is 10.1. The number of anilines is 1. The van der Waals surface area contributed by atoms with E-state index in [1.54, 1.807) is 24.3 Å². The maximum atomic E-state index is 12.6. The van der Waals surface area contributed by atoms with Gasteiger partial charge in [0.1, 0.15) is 6.20 Å². The quantitative estimate of drug-likeness (QED) is 0.289. The average Bonchev–Trinajstić information content (AvgIpc) is 3.08. The minimum absolute atomic E-state index is 0. The molecule has 0 amide bonds. The first-order valence-electron chi connectivity index (χ1n) is 9.18. The number of halogens is 2. The highest BCUT2D eigenvalue weighted by Gasteiger charge is 2.18. The Hall–Kier alpha value is -2.44. The fourth-order valence-corrected chi connectivity index (χ4v) is 3.06. The highest BCUT2D eigenvalue weighted by atomic mass is 79.9. The van der Waals surface area contributed by atoms with Gasteiger partial charge in [-0.05, 0) is 42.0 Å². The molecule has 0 atom stereocenters. The van der Waals surface area contributed by atoms with Crippen LogP contribution in [0.3, 0.4) is 0 Å². The zero-order valence-electron chi connectivity index (χ0n) is 16.7. The first kappa shape index (κ1) is 22.8. The topological polar surface area (TPSA) is 41.5 Å². The van der Waals surface area contributed by atoms with Gasteiger partial charge < -0.3 is 21.9 Å². The molecule has 0 unspecified atom stereocenters. The predicted molar refractivity (Wildman–Crippen MR) is 114 cm³/mol. The number of aromatic nitrogens is 2. The lowest BCUT2D eigenvalue weighted by Crippen LogP contribution is -3.00. The van der Waals surface area contributed by atoms with Gasteiger partial charge >= 0.3 is 0 Å². The number of imidazole rings is 1. The van der Waals surface area contributed by atoms with Gasteiger partial charge in [-0.1, -0.05) is 35.8 Å². The summed E-state index contributed by atoms with van der Waals surface area (Å²) in [7, 11) is 4.03. The SMILES string of the molecule is CCc1n(N=Cc2ccc(N(C)C)cc2)cc[n+]1CC(=O)c1ccc(Cl)cc1.[Br-]. The number of hydrogen-bond acceptors (Lipinski definition) is 3. The molecule has 7 heteroatoms. The van der Waals surface area contributed by atoms with Gasteiger partial charge in [-0.25, -0.2) is 4.57 Å². The van der Waals surface area contributed by atoms with Crippen LogP contribution < -0.4 is 26.4 Å². The van der Waals surface area contributed by atoms with Crippen LogP contribution >= 0.6 is 11.6 Å². The zero-order chi connectivity index (χ0) is 20.1. The van der Waals surface area contributed by atoms with Gasteiger partial charge in [0.25, 0.3) is 5.82 Å². The maximum Gasteiger partial charge on any atom is 0.282 e. The molecule has 2 aromatic carbocycles.